The van der Waals surface area contributed by atoms with Crippen molar-refractivity contribution in [3.63, 3.8) is 0 Å². The van der Waals surface area contributed by atoms with Gasteiger partial charge in [0.1, 0.15) is 23.9 Å². The fourth-order valence-electron chi connectivity index (χ4n) is 3.79. The Bertz CT molecular complexity index is 987. The smallest absolute Gasteiger partial charge is 0.454 e. The lowest BCUT2D eigenvalue weighted by atomic mass is 9.94. The third-order valence-corrected chi connectivity index (χ3v) is 5.36. The van der Waals surface area contributed by atoms with E-state index >= 15 is 0 Å². The maximum Gasteiger partial charge on any atom is 0.454 e. The Morgan fingerprint density at radius 1 is 1.16 bits per heavy atom. The second-order valence-corrected chi connectivity index (χ2v) is 8.61. The molecule has 8 heteroatoms. The number of rotatable bonds is 7. The normalized spacial score (nSPS) is 16.7. The SMILES string of the molecule is COc1cccc(OC2CCc3cc(C(=O)C(F)(F)F)ccc3N(CC(C)(C)C=O)C2)c1. The van der Waals surface area contributed by atoms with Gasteiger partial charge in [0.2, 0.25) is 0 Å². The number of alkyl halides is 3. The van der Waals surface area contributed by atoms with Gasteiger partial charge >= 0.3 is 6.18 Å². The molecule has 0 radical (unpaired) electrons. The Morgan fingerprint density at radius 3 is 2.53 bits per heavy atom. The summed E-state index contributed by atoms with van der Waals surface area (Å²) >= 11 is 0. The number of anilines is 1. The lowest BCUT2D eigenvalue weighted by molar-refractivity contribution is -0.114. The number of aryl methyl sites for hydroxylation is 1. The molecular formula is C24H26F3NO4. The zero-order chi connectivity index (χ0) is 23.5. The van der Waals surface area contributed by atoms with E-state index < -0.39 is 22.9 Å². The number of ether oxygens (including phenoxy) is 2. The number of hydrogen-bond donors (Lipinski definition) is 0. The van der Waals surface area contributed by atoms with Crippen LogP contribution in [0.4, 0.5) is 18.9 Å². The van der Waals surface area contributed by atoms with Crippen LogP contribution in [-0.4, -0.2) is 44.5 Å². The molecule has 0 amide bonds. The molecule has 0 N–H and O–H groups in total. The van der Waals surface area contributed by atoms with Crippen LogP contribution in [0.2, 0.25) is 0 Å². The number of halogens is 3. The molecule has 1 heterocycles. The molecule has 32 heavy (non-hydrogen) atoms. The number of fused-ring (bicyclic) bond motifs is 1. The molecule has 1 unspecified atom stereocenters. The van der Waals surface area contributed by atoms with Gasteiger partial charge in [-0.3, -0.25) is 4.79 Å². The van der Waals surface area contributed by atoms with Gasteiger partial charge in [-0.25, -0.2) is 0 Å². The Kier molecular flexibility index (Phi) is 6.81. The molecule has 0 aromatic heterocycles. The van der Waals surface area contributed by atoms with Crippen LogP contribution < -0.4 is 14.4 Å². The number of carbonyl (C=O) groups is 2. The first-order valence-electron chi connectivity index (χ1n) is 10.3. The van der Waals surface area contributed by atoms with Gasteiger partial charge in [-0.05, 0) is 48.7 Å². The summed E-state index contributed by atoms with van der Waals surface area (Å²) in [6, 6.07) is 11.2. The number of methoxy groups -OCH3 is 1. The molecule has 0 aliphatic carbocycles. The highest BCUT2D eigenvalue weighted by molar-refractivity contribution is 6.00. The van der Waals surface area contributed by atoms with Crippen molar-refractivity contribution in [3.05, 3.63) is 53.6 Å². The van der Waals surface area contributed by atoms with E-state index in [1.54, 1.807) is 39.2 Å². The molecule has 172 valence electrons. The predicted octanol–water partition coefficient (Wildman–Crippen LogP) is 4.87. The fourth-order valence-corrected chi connectivity index (χ4v) is 3.79. The highest BCUT2D eigenvalue weighted by Gasteiger charge is 2.39. The van der Waals surface area contributed by atoms with Crippen LogP contribution in [0.3, 0.4) is 0 Å². The van der Waals surface area contributed by atoms with E-state index in [0.29, 0.717) is 48.7 Å². The maximum atomic E-state index is 12.9. The van der Waals surface area contributed by atoms with Crippen molar-refractivity contribution in [2.24, 2.45) is 5.41 Å². The van der Waals surface area contributed by atoms with Crippen LogP contribution in [0.15, 0.2) is 42.5 Å². The van der Waals surface area contributed by atoms with E-state index in [4.69, 9.17) is 9.47 Å². The fraction of sp³-hybridized carbons (Fsp3) is 0.417. The molecule has 0 saturated carbocycles. The molecule has 0 bridgehead atoms. The third kappa shape index (κ3) is 5.60. The Labute approximate surface area is 185 Å². The van der Waals surface area contributed by atoms with Gasteiger partial charge in [0.25, 0.3) is 5.78 Å². The first-order chi connectivity index (χ1) is 15.0. The molecule has 2 aromatic carbocycles. The number of benzene rings is 2. The van der Waals surface area contributed by atoms with Gasteiger partial charge in [0.15, 0.2) is 0 Å². The first-order valence-corrected chi connectivity index (χ1v) is 10.3. The maximum absolute atomic E-state index is 12.9. The molecule has 1 aliphatic rings. The van der Waals surface area contributed by atoms with E-state index in [-0.39, 0.29) is 6.10 Å². The quantitative estimate of drug-likeness (QED) is 0.446. The van der Waals surface area contributed by atoms with Crippen molar-refractivity contribution in [1.29, 1.82) is 0 Å². The van der Waals surface area contributed by atoms with Crippen molar-refractivity contribution >= 4 is 17.8 Å². The van der Waals surface area contributed by atoms with Crippen LogP contribution in [0.1, 0.15) is 36.2 Å². The van der Waals surface area contributed by atoms with Crippen molar-refractivity contribution < 1.29 is 32.2 Å². The van der Waals surface area contributed by atoms with Gasteiger partial charge in [0, 0.05) is 29.3 Å². The monoisotopic (exact) mass is 449 g/mol. The lowest BCUT2D eigenvalue weighted by Gasteiger charge is -2.33. The van der Waals surface area contributed by atoms with E-state index in [1.165, 1.54) is 18.2 Å². The van der Waals surface area contributed by atoms with E-state index in [1.807, 2.05) is 11.0 Å². The van der Waals surface area contributed by atoms with E-state index in [2.05, 4.69) is 0 Å². The predicted molar refractivity (Wildman–Crippen MR) is 115 cm³/mol. The summed E-state index contributed by atoms with van der Waals surface area (Å²) < 4.78 is 50.2. The minimum absolute atomic E-state index is 0.279. The van der Waals surface area contributed by atoms with Crippen LogP contribution in [-0.2, 0) is 11.2 Å². The lowest BCUT2D eigenvalue weighted by Crippen LogP contribution is -2.41. The van der Waals surface area contributed by atoms with Crippen LogP contribution in [0.5, 0.6) is 11.5 Å². The average molecular weight is 449 g/mol. The molecule has 1 aliphatic heterocycles. The zero-order valence-electron chi connectivity index (χ0n) is 18.2. The second kappa shape index (κ2) is 9.22. The number of ketones is 1. The molecule has 0 saturated heterocycles. The summed E-state index contributed by atoms with van der Waals surface area (Å²) in [4.78, 5) is 25.2. The second-order valence-electron chi connectivity index (χ2n) is 8.61. The van der Waals surface area contributed by atoms with Gasteiger partial charge in [-0.2, -0.15) is 13.2 Å². The molecule has 2 aromatic rings. The molecule has 0 fully saturated rings. The summed E-state index contributed by atoms with van der Waals surface area (Å²) in [6.07, 6.45) is -3.39. The Hall–Kier alpha value is -3.03. The van der Waals surface area contributed by atoms with Crippen LogP contribution in [0.25, 0.3) is 0 Å². The van der Waals surface area contributed by atoms with E-state index in [9.17, 15) is 22.8 Å². The Morgan fingerprint density at radius 2 is 1.88 bits per heavy atom. The molecule has 1 atom stereocenters. The van der Waals surface area contributed by atoms with Crippen molar-refractivity contribution in [2.45, 2.75) is 39.0 Å². The minimum Gasteiger partial charge on any atom is -0.497 e. The minimum atomic E-state index is -4.93. The van der Waals surface area contributed by atoms with Gasteiger partial charge < -0.3 is 19.2 Å². The van der Waals surface area contributed by atoms with Crippen molar-refractivity contribution in [2.75, 3.05) is 25.1 Å². The summed E-state index contributed by atoms with van der Waals surface area (Å²) in [5.74, 6) is -0.606. The largest absolute Gasteiger partial charge is 0.497 e. The molecular weight excluding hydrogens is 423 g/mol. The summed E-state index contributed by atoms with van der Waals surface area (Å²) in [5.41, 5.74) is 0.259. The number of Topliss-reactive ketones (excluding diaryl/α,β-unsaturated/α-hetero) is 1. The highest BCUT2D eigenvalue weighted by atomic mass is 19.4. The van der Waals surface area contributed by atoms with Gasteiger partial charge in [-0.1, -0.05) is 19.9 Å². The number of nitrogens with zero attached hydrogens (tertiary/aromatic N) is 1. The highest BCUT2D eigenvalue weighted by Crippen LogP contribution is 2.33. The number of aldehydes is 1. The summed E-state index contributed by atoms with van der Waals surface area (Å²) in [5, 5.41) is 0. The number of hydrogen-bond acceptors (Lipinski definition) is 5. The van der Waals surface area contributed by atoms with Crippen LogP contribution >= 0.6 is 0 Å². The van der Waals surface area contributed by atoms with E-state index in [0.717, 1.165) is 6.29 Å². The van der Waals surface area contributed by atoms with Gasteiger partial charge in [-0.15, -0.1) is 0 Å². The molecule has 5 nitrogen and oxygen atoms in total. The van der Waals surface area contributed by atoms with Crippen molar-refractivity contribution in [1.82, 2.24) is 0 Å². The molecule has 3 rings (SSSR count). The van der Waals surface area contributed by atoms with Crippen LogP contribution in [0, 0.1) is 5.41 Å². The topological polar surface area (TPSA) is 55.8 Å². The molecule has 0 spiro atoms. The zero-order valence-corrected chi connectivity index (χ0v) is 18.2. The van der Waals surface area contributed by atoms with Crippen molar-refractivity contribution in [3.8, 4) is 11.5 Å². The summed E-state index contributed by atoms with van der Waals surface area (Å²) in [7, 11) is 1.56. The standard InChI is InChI=1S/C24H26F3NO4/c1-23(2,15-29)14-28-13-20(32-19-6-4-5-18(12-19)31-3)9-7-16-11-17(8-10-21(16)28)22(30)24(25,26)27/h4-6,8,10-12,15,20H,7,9,13-14H2,1-3H3. The summed E-state index contributed by atoms with van der Waals surface area (Å²) in [6.45, 7) is 4.39. The average Bonchev–Trinajstić information content (AvgIpc) is 2.91. The first kappa shape index (κ1) is 23.6. The third-order valence-electron chi connectivity index (χ3n) is 5.36. The number of carbonyl (C=O) groups excluding carboxylic acids is 2. The Balaban J connectivity index is 1.92. The van der Waals surface area contributed by atoms with Gasteiger partial charge in [0.05, 0.1) is 13.7 Å².